The van der Waals surface area contributed by atoms with Gasteiger partial charge in [-0.15, -0.1) is 0 Å². The molecule has 104 valence electrons. The Kier molecular flexibility index (Phi) is 3.40. The molecule has 0 unspecified atom stereocenters. The number of benzene rings is 1. The van der Waals surface area contributed by atoms with Crippen LogP contribution in [0.1, 0.15) is 24.2 Å². The van der Waals surface area contributed by atoms with Crippen LogP contribution in [0.2, 0.25) is 0 Å². The van der Waals surface area contributed by atoms with E-state index in [0.29, 0.717) is 5.69 Å². The van der Waals surface area contributed by atoms with Crippen LogP contribution in [0, 0.1) is 0 Å². The SMILES string of the molecule is CC(C)S(=O)(=O)N1CCOc2c(C(=O)O)cccc21. The Labute approximate surface area is 111 Å². The number of anilines is 1. The van der Waals surface area contributed by atoms with Crippen LogP contribution >= 0.6 is 0 Å². The molecule has 1 aliphatic rings. The zero-order chi connectivity index (χ0) is 14.2. The van der Waals surface area contributed by atoms with Gasteiger partial charge in [-0.1, -0.05) is 6.07 Å². The van der Waals surface area contributed by atoms with Gasteiger partial charge >= 0.3 is 5.97 Å². The van der Waals surface area contributed by atoms with E-state index in [-0.39, 0.29) is 24.5 Å². The fraction of sp³-hybridized carbons (Fsp3) is 0.417. The predicted octanol–water partition coefficient (Wildman–Crippen LogP) is 1.32. The first-order valence-electron chi connectivity index (χ1n) is 5.86. The molecule has 0 saturated heterocycles. The minimum Gasteiger partial charge on any atom is -0.489 e. The largest absolute Gasteiger partial charge is 0.489 e. The molecule has 19 heavy (non-hydrogen) atoms. The third-order valence-electron chi connectivity index (χ3n) is 2.94. The molecule has 0 fully saturated rings. The van der Waals surface area contributed by atoms with Crippen molar-refractivity contribution in [1.29, 1.82) is 0 Å². The van der Waals surface area contributed by atoms with Crippen molar-refractivity contribution < 1.29 is 23.1 Å². The number of sulfonamides is 1. The van der Waals surface area contributed by atoms with Crippen molar-refractivity contribution in [3.05, 3.63) is 23.8 Å². The van der Waals surface area contributed by atoms with Gasteiger partial charge in [0.25, 0.3) is 0 Å². The Morgan fingerprint density at radius 3 is 2.68 bits per heavy atom. The maximum Gasteiger partial charge on any atom is 0.339 e. The van der Waals surface area contributed by atoms with Crippen molar-refractivity contribution >= 4 is 21.7 Å². The number of hydrogen-bond acceptors (Lipinski definition) is 4. The van der Waals surface area contributed by atoms with E-state index in [4.69, 9.17) is 9.84 Å². The molecule has 0 atom stereocenters. The van der Waals surface area contributed by atoms with Crippen LogP contribution in [-0.2, 0) is 10.0 Å². The first kappa shape index (κ1) is 13.7. The minimum absolute atomic E-state index is 0.0267. The molecule has 2 rings (SSSR count). The molecule has 1 aromatic rings. The first-order valence-corrected chi connectivity index (χ1v) is 7.36. The molecule has 0 bridgehead atoms. The molecule has 1 aromatic carbocycles. The Balaban J connectivity index is 2.58. The highest BCUT2D eigenvalue weighted by Crippen LogP contribution is 2.37. The quantitative estimate of drug-likeness (QED) is 0.905. The second kappa shape index (κ2) is 4.73. The Hall–Kier alpha value is -1.76. The molecule has 0 aromatic heterocycles. The van der Waals surface area contributed by atoms with Crippen molar-refractivity contribution in [3.63, 3.8) is 0 Å². The van der Waals surface area contributed by atoms with E-state index in [1.54, 1.807) is 19.9 Å². The number of carbonyl (C=O) groups is 1. The number of aromatic carboxylic acids is 1. The van der Waals surface area contributed by atoms with E-state index in [2.05, 4.69) is 0 Å². The standard InChI is InChI=1S/C12H15NO5S/c1-8(2)19(16,17)13-6-7-18-11-9(12(14)15)4-3-5-10(11)13/h3-5,8H,6-7H2,1-2H3,(H,14,15). The number of carboxylic acids is 1. The lowest BCUT2D eigenvalue weighted by Crippen LogP contribution is -2.42. The summed E-state index contributed by atoms with van der Waals surface area (Å²) in [5, 5.41) is 8.51. The molecule has 0 aliphatic carbocycles. The number of nitrogens with zero attached hydrogens (tertiary/aromatic N) is 1. The summed E-state index contributed by atoms with van der Waals surface area (Å²) in [6.07, 6.45) is 0. The smallest absolute Gasteiger partial charge is 0.339 e. The number of para-hydroxylation sites is 1. The van der Waals surface area contributed by atoms with Gasteiger partial charge in [0.2, 0.25) is 10.0 Å². The van der Waals surface area contributed by atoms with Gasteiger partial charge in [-0.2, -0.15) is 0 Å². The van der Waals surface area contributed by atoms with E-state index in [1.165, 1.54) is 16.4 Å². The van der Waals surface area contributed by atoms with E-state index in [9.17, 15) is 13.2 Å². The van der Waals surface area contributed by atoms with Crippen molar-refractivity contribution in [3.8, 4) is 5.75 Å². The molecule has 1 heterocycles. The number of fused-ring (bicyclic) bond motifs is 1. The molecule has 0 saturated carbocycles. The lowest BCUT2D eigenvalue weighted by Gasteiger charge is -2.32. The van der Waals surface area contributed by atoms with Crippen molar-refractivity contribution in [2.24, 2.45) is 0 Å². The highest BCUT2D eigenvalue weighted by atomic mass is 32.2. The lowest BCUT2D eigenvalue weighted by atomic mass is 10.1. The van der Waals surface area contributed by atoms with Crippen molar-refractivity contribution in [2.75, 3.05) is 17.5 Å². The Morgan fingerprint density at radius 1 is 1.42 bits per heavy atom. The van der Waals surface area contributed by atoms with Crippen molar-refractivity contribution in [1.82, 2.24) is 0 Å². The van der Waals surface area contributed by atoms with Gasteiger partial charge in [0.1, 0.15) is 12.2 Å². The van der Waals surface area contributed by atoms with Gasteiger partial charge in [-0.25, -0.2) is 13.2 Å². The third-order valence-corrected chi connectivity index (χ3v) is 5.12. The monoisotopic (exact) mass is 285 g/mol. The lowest BCUT2D eigenvalue weighted by molar-refractivity contribution is 0.0692. The highest BCUT2D eigenvalue weighted by Gasteiger charge is 2.32. The summed E-state index contributed by atoms with van der Waals surface area (Å²) in [7, 11) is -3.50. The van der Waals surface area contributed by atoms with Gasteiger partial charge in [-0.3, -0.25) is 4.31 Å². The zero-order valence-electron chi connectivity index (χ0n) is 10.7. The number of rotatable bonds is 3. The van der Waals surface area contributed by atoms with Crippen LogP contribution in [0.4, 0.5) is 5.69 Å². The van der Waals surface area contributed by atoms with Crippen LogP contribution in [0.15, 0.2) is 18.2 Å². The third kappa shape index (κ3) is 2.25. The van der Waals surface area contributed by atoms with Crippen LogP contribution < -0.4 is 9.04 Å². The molecule has 0 spiro atoms. The molecule has 7 heteroatoms. The molecule has 0 radical (unpaired) electrons. The van der Waals surface area contributed by atoms with Gasteiger partial charge in [-0.05, 0) is 26.0 Å². The number of hydrogen-bond donors (Lipinski definition) is 1. The molecule has 6 nitrogen and oxygen atoms in total. The highest BCUT2D eigenvalue weighted by molar-refractivity contribution is 7.93. The summed E-state index contributed by atoms with van der Waals surface area (Å²) in [5.41, 5.74) is 0.265. The van der Waals surface area contributed by atoms with Crippen LogP contribution in [0.25, 0.3) is 0 Å². The van der Waals surface area contributed by atoms with Gasteiger partial charge in [0, 0.05) is 0 Å². The van der Waals surface area contributed by atoms with Crippen LogP contribution in [-0.4, -0.2) is 37.9 Å². The minimum atomic E-state index is -3.50. The summed E-state index contributed by atoms with van der Waals surface area (Å²) in [6, 6.07) is 4.47. The fourth-order valence-electron chi connectivity index (χ4n) is 1.91. The van der Waals surface area contributed by atoms with Gasteiger partial charge in [0.15, 0.2) is 5.75 Å². The Bertz CT molecular complexity index is 609. The summed E-state index contributed by atoms with van der Waals surface area (Å²) in [5.74, 6) is -1.02. The second-order valence-electron chi connectivity index (χ2n) is 4.47. The Morgan fingerprint density at radius 2 is 2.11 bits per heavy atom. The van der Waals surface area contributed by atoms with Crippen LogP contribution in [0.5, 0.6) is 5.75 Å². The van der Waals surface area contributed by atoms with E-state index in [0.717, 1.165) is 0 Å². The van der Waals surface area contributed by atoms with Gasteiger partial charge < -0.3 is 9.84 Å². The molecule has 1 aliphatic heterocycles. The zero-order valence-corrected chi connectivity index (χ0v) is 11.5. The summed E-state index contributed by atoms with van der Waals surface area (Å²) in [4.78, 5) is 11.1. The molecule has 0 amide bonds. The van der Waals surface area contributed by atoms with E-state index in [1.807, 2.05) is 0 Å². The summed E-state index contributed by atoms with van der Waals surface area (Å²) < 4.78 is 31.1. The average Bonchev–Trinajstić information content (AvgIpc) is 2.36. The predicted molar refractivity (Wildman–Crippen MR) is 70.3 cm³/mol. The normalized spacial score (nSPS) is 15.0. The first-order chi connectivity index (χ1) is 8.85. The molecular formula is C12H15NO5S. The van der Waals surface area contributed by atoms with E-state index < -0.39 is 21.2 Å². The molecular weight excluding hydrogens is 270 g/mol. The average molecular weight is 285 g/mol. The molecule has 1 N–H and O–H groups in total. The summed E-state index contributed by atoms with van der Waals surface area (Å²) >= 11 is 0. The van der Waals surface area contributed by atoms with E-state index >= 15 is 0 Å². The van der Waals surface area contributed by atoms with Crippen molar-refractivity contribution in [2.45, 2.75) is 19.1 Å². The number of ether oxygens (including phenoxy) is 1. The summed E-state index contributed by atoms with van der Waals surface area (Å²) in [6.45, 7) is 3.51. The van der Waals surface area contributed by atoms with Gasteiger partial charge in [0.05, 0.1) is 17.5 Å². The number of carboxylic acid groups (broad SMARTS) is 1. The maximum absolute atomic E-state index is 12.3. The van der Waals surface area contributed by atoms with Crippen LogP contribution in [0.3, 0.4) is 0 Å². The topological polar surface area (TPSA) is 83.9 Å². The maximum atomic E-state index is 12.3. The second-order valence-corrected chi connectivity index (χ2v) is 6.89. The fourth-order valence-corrected chi connectivity index (χ4v) is 3.17.